The Hall–Kier alpha value is -3.58. The predicted octanol–water partition coefficient (Wildman–Crippen LogP) is 8.88. The van der Waals surface area contributed by atoms with E-state index >= 15 is 4.39 Å². The van der Waals surface area contributed by atoms with Crippen molar-refractivity contribution in [2.75, 3.05) is 10.6 Å². The number of halogens is 14. The first-order valence-corrected chi connectivity index (χ1v) is 12.2. The van der Waals surface area contributed by atoms with E-state index in [-0.39, 0.29) is 5.56 Å². The normalized spacial score (nSPS) is 14.2. The lowest BCUT2D eigenvalue weighted by atomic mass is 9.86. The quantitative estimate of drug-likeness (QED) is 0.196. The van der Waals surface area contributed by atoms with E-state index in [0.717, 1.165) is 40.8 Å². The highest BCUT2D eigenvalue weighted by atomic mass is 127. The van der Waals surface area contributed by atoms with Crippen molar-refractivity contribution >= 4 is 45.8 Å². The zero-order valence-electron chi connectivity index (χ0n) is 20.4. The van der Waals surface area contributed by atoms with Crippen molar-refractivity contribution in [3.8, 4) is 0 Å². The largest absolute Gasteiger partial charge is 0.457 e. The van der Waals surface area contributed by atoms with Crippen LogP contribution in [0.2, 0.25) is 0 Å². The van der Waals surface area contributed by atoms with Crippen LogP contribution in [0.3, 0.4) is 0 Å². The lowest BCUT2D eigenvalue weighted by Crippen LogP contribution is -2.59. The molecule has 0 aliphatic heterocycles. The van der Waals surface area contributed by atoms with Gasteiger partial charge >= 0.3 is 30.1 Å². The zero-order valence-corrected chi connectivity index (χ0v) is 22.5. The second-order valence-corrected chi connectivity index (χ2v) is 9.71. The number of hydrogen-bond acceptors (Lipinski definition) is 2. The smallest absolute Gasteiger partial charge is 0.320 e. The summed E-state index contributed by atoms with van der Waals surface area (Å²) in [6, 6.07) is 8.47. The van der Waals surface area contributed by atoms with Crippen LogP contribution in [0.1, 0.15) is 31.8 Å². The maximum Gasteiger partial charge on any atom is 0.457 e. The summed E-state index contributed by atoms with van der Waals surface area (Å²) in [4.78, 5) is 25.1. The third-order valence-corrected chi connectivity index (χ3v) is 6.59. The SMILES string of the molecule is O=C(Nc1cccc(C(=O)Nc2c(I)cc(C(F)(C(F)(F)F)C(F)(F)C(F)(F)F)cc2C(F)(F)F)c1F)c1ccccc1. The summed E-state index contributed by atoms with van der Waals surface area (Å²) in [6.45, 7) is 0. The van der Waals surface area contributed by atoms with Crippen molar-refractivity contribution in [2.24, 2.45) is 0 Å². The molecule has 1 unspecified atom stereocenters. The molecule has 0 fully saturated rings. The molecular formula is C25H12F13IN2O2. The van der Waals surface area contributed by atoms with Crippen molar-refractivity contribution < 1.29 is 66.7 Å². The van der Waals surface area contributed by atoms with Gasteiger partial charge in [0.05, 0.1) is 22.5 Å². The molecule has 43 heavy (non-hydrogen) atoms. The molecule has 0 heterocycles. The molecule has 232 valence electrons. The van der Waals surface area contributed by atoms with E-state index in [4.69, 9.17) is 0 Å². The van der Waals surface area contributed by atoms with Crippen LogP contribution in [0.15, 0.2) is 60.7 Å². The van der Waals surface area contributed by atoms with Gasteiger partial charge in [-0.25, -0.2) is 8.78 Å². The first-order valence-electron chi connectivity index (χ1n) is 11.1. The van der Waals surface area contributed by atoms with E-state index in [2.05, 4.69) is 5.32 Å². The minimum atomic E-state index is -7.26. The number of carbonyl (C=O) groups is 2. The van der Waals surface area contributed by atoms with Gasteiger partial charge in [-0.3, -0.25) is 9.59 Å². The van der Waals surface area contributed by atoms with Crippen molar-refractivity contribution in [2.45, 2.75) is 30.1 Å². The molecule has 0 aromatic heterocycles. The molecule has 0 spiro atoms. The minimum Gasteiger partial charge on any atom is -0.320 e. The van der Waals surface area contributed by atoms with Gasteiger partial charge < -0.3 is 10.6 Å². The highest BCUT2D eigenvalue weighted by molar-refractivity contribution is 14.1. The molecule has 0 saturated heterocycles. The first kappa shape index (κ1) is 33.9. The monoisotopic (exact) mass is 746 g/mol. The number of amides is 2. The van der Waals surface area contributed by atoms with Gasteiger partial charge in [0, 0.05) is 14.7 Å². The van der Waals surface area contributed by atoms with E-state index in [0.29, 0.717) is 0 Å². The maximum absolute atomic E-state index is 15.1. The van der Waals surface area contributed by atoms with Gasteiger partial charge in [-0.05, 0) is 59.0 Å². The first-order chi connectivity index (χ1) is 19.5. The molecule has 0 saturated carbocycles. The third kappa shape index (κ3) is 6.37. The lowest BCUT2D eigenvalue weighted by molar-refractivity contribution is -0.389. The second-order valence-electron chi connectivity index (χ2n) is 8.55. The molecule has 0 aliphatic rings. The maximum atomic E-state index is 15.1. The van der Waals surface area contributed by atoms with Crippen molar-refractivity contribution in [3.05, 3.63) is 92.3 Å². The Balaban J connectivity index is 2.10. The lowest BCUT2D eigenvalue weighted by Gasteiger charge is -2.36. The fraction of sp³-hybridized carbons (Fsp3) is 0.200. The van der Waals surface area contributed by atoms with Gasteiger partial charge in [0.15, 0.2) is 5.82 Å². The second kappa shape index (κ2) is 11.5. The summed E-state index contributed by atoms with van der Waals surface area (Å²) >= 11 is 0.734. The molecule has 2 N–H and O–H groups in total. The predicted molar refractivity (Wildman–Crippen MR) is 133 cm³/mol. The average molecular weight is 746 g/mol. The zero-order chi connectivity index (χ0) is 32.8. The van der Waals surface area contributed by atoms with Gasteiger partial charge in [-0.15, -0.1) is 0 Å². The number of carbonyl (C=O) groups excluding carboxylic acids is 2. The molecule has 0 radical (unpaired) electrons. The Morgan fingerprint density at radius 2 is 1.26 bits per heavy atom. The van der Waals surface area contributed by atoms with Crippen molar-refractivity contribution in [1.82, 2.24) is 0 Å². The number of benzene rings is 3. The number of nitrogens with one attached hydrogen (secondary N) is 2. The van der Waals surface area contributed by atoms with Crippen LogP contribution in [0.4, 0.5) is 68.5 Å². The van der Waals surface area contributed by atoms with Crippen LogP contribution < -0.4 is 10.6 Å². The average Bonchev–Trinajstić information content (AvgIpc) is 2.88. The molecule has 0 aliphatic carbocycles. The van der Waals surface area contributed by atoms with Gasteiger partial charge in [0.1, 0.15) is 0 Å². The van der Waals surface area contributed by atoms with E-state index < -0.39 is 91.5 Å². The van der Waals surface area contributed by atoms with Gasteiger partial charge in [-0.2, -0.15) is 48.3 Å². The fourth-order valence-electron chi connectivity index (χ4n) is 3.64. The molecule has 4 nitrogen and oxygen atoms in total. The van der Waals surface area contributed by atoms with Crippen LogP contribution in [0.5, 0.6) is 0 Å². The Morgan fingerprint density at radius 1 is 0.674 bits per heavy atom. The van der Waals surface area contributed by atoms with Crippen LogP contribution >= 0.6 is 22.6 Å². The Morgan fingerprint density at radius 3 is 1.77 bits per heavy atom. The van der Waals surface area contributed by atoms with Gasteiger partial charge in [-0.1, -0.05) is 24.3 Å². The van der Waals surface area contributed by atoms with E-state index in [1.54, 1.807) is 6.07 Å². The van der Waals surface area contributed by atoms with Crippen LogP contribution in [0, 0.1) is 9.39 Å². The summed E-state index contributed by atoms with van der Waals surface area (Å²) < 4.78 is 177. The Bertz CT molecular complexity index is 1540. The third-order valence-electron chi connectivity index (χ3n) is 5.74. The number of hydrogen-bond donors (Lipinski definition) is 2. The number of rotatable bonds is 6. The van der Waals surface area contributed by atoms with E-state index in [1.807, 2.05) is 0 Å². The van der Waals surface area contributed by atoms with Crippen molar-refractivity contribution in [3.63, 3.8) is 0 Å². The highest BCUT2D eigenvalue weighted by Crippen LogP contribution is 2.59. The molecule has 3 aromatic rings. The summed E-state index contributed by atoms with van der Waals surface area (Å²) in [6.07, 6.45) is -20.2. The van der Waals surface area contributed by atoms with Crippen LogP contribution in [-0.4, -0.2) is 30.1 Å². The molecule has 3 aromatic carbocycles. The summed E-state index contributed by atoms with van der Waals surface area (Å²) in [5, 5.41) is 3.62. The molecular weight excluding hydrogens is 734 g/mol. The molecule has 0 bridgehead atoms. The van der Waals surface area contributed by atoms with Gasteiger partial charge in [0.25, 0.3) is 11.8 Å². The molecule has 1 atom stereocenters. The summed E-state index contributed by atoms with van der Waals surface area (Å²) in [7, 11) is 0. The summed E-state index contributed by atoms with van der Waals surface area (Å²) in [5.74, 6) is -11.3. The Labute approximate surface area is 245 Å². The molecule has 2 amide bonds. The Kier molecular flexibility index (Phi) is 9.06. The minimum absolute atomic E-state index is 0.0418. The standard InChI is InChI=1S/C25H12F13IN2O2/c26-17-13(7-4-8-16(17)40-19(42)11-5-2-1-3-6-11)20(43)41-18-14(22(28,29)30)9-12(10-15(18)39)21(27,24(33,34)35)23(31,32)25(36,37)38/h1-10H,(H,40,42)(H,41,43). The summed E-state index contributed by atoms with van der Waals surface area (Å²) in [5.41, 5.74) is -15.1. The number of anilines is 2. The van der Waals surface area contributed by atoms with Crippen LogP contribution in [0.25, 0.3) is 0 Å². The molecule has 18 heteroatoms. The van der Waals surface area contributed by atoms with Crippen LogP contribution in [-0.2, 0) is 11.8 Å². The molecule has 3 rings (SSSR count). The topological polar surface area (TPSA) is 58.2 Å². The van der Waals surface area contributed by atoms with E-state index in [1.165, 1.54) is 29.6 Å². The van der Waals surface area contributed by atoms with Gasteiger partial charge in [0.2, 0.25) is 0 Å². The number of alkyl halides is 12. The fourth-order valence-corrected chi connectivity index (χ4v) is 4.40. The van der Waals surface area contributed by atoms with Crippen molar-refractivity contribution in [1.29, 1.82) is 0 Å². The highest BCUT2D eigenvalue weighted by Gasteiger charge is 2.82. The van der Waals surface area contributed by atoms with E-state index in [9.17, 15) is 62.3 Å².